The van der Waals surface area contributed by atoms with Crippen LogP contribution < -0.4 is 4.90 Å². The largest absolute Gasteiger partial charge is 0.372 e. The normalized spacial score (nSPS) is 14.2. The van der Waals surface area contributed by atoms with Crippen LogP contribution >= 0.6 is 0 Å². The topological polar surface area (TPSA) is 21.1 Å². The van der Waals surface area contributed by atoms with Crippen molar-refractivity contribution in [3.8, 4) is 11.1 Å². The van der Waals surface area contributed by atoms with Gasteiger partial charge < -0.3 is 4.90 Å². The second-order valence-electron chi connectivity index (χ2n) is 4.65. The first-order valence-electron chi connectivity index (χ1n) is 7.17. The molecule has 0 unspecified atom stereocenters. The van der Waals surface area contributed by atoms with Crippen LogP contribution in [0.1, 0.15) is 26.7 Å². The quantitative estimate of drug-likeness (QED) is 0.817. The van der Waals surface area contributed by atoms with Gasteiger partial charge in [-0.15, -0.1) is 0 Å². The standard InChI is InChI=1S/C14H17N3.C2H6/c1-16-11-13(10-15-16)12-5-4-6-14(9-12)17-7-2-3-8-17;1-2/h4-6,9-11H,2-3,7-8H2,1H3;1-2H3. The molecule has 0 amide bonds. The number of hydrogen-bond acceptors (Lipinski definition) is 2. The second kappa shape index (κ2) is 6.41. The van der Waals surface area contributed by atoms with Crippen LogP contribution in [0.15, 0.2) is 36.7 Å². The van der Waals surface area contributed by atoms with Crippen molar-refractivity contribution in [2.45, 2.75) is 26.7 Å². The highest BCUT2D eigenvalue weighted by molar-refractivity contribution is 5.67. The molecule has 1 aliphatic heterocycles. The molecule has 0 saturated carbocycles. The Morgan fingerprint density at radius 2 is 1.79 bits per heavy atom. The van der Waals surface area contributed by atoms with Gasteiger partial charge >= 0.3 is 0 Å². The van der Waals surface area contributed by atoms with Gasteiger partial charge in [0.15, 0.2) is 0 Å². The van der Waals surface area contributed by atoms with Crippen LogP contribution in [0.5, 0.6) is 0 Å². The Kier molecular flexibility index (Phi) is 4.61. The molecule has 1 aliphatic rings. The molecule has 19 heavy (non-hydrogen) atoms. The lowest BCUT2D eigenvalue weighted by Crippen LogP contribution is -2.17. The molecule has 2 aromatic rings. The highest BCUT2D eigenvalue weighted by atomic mass is 15.2. The fourth-order valence-corrected chi connectivity index (χ4v) is 2.43. The third kappa shape index (κ3) is 3.16. The van der Waals surface area contributed by atoms with Crippen LogP contribution in [-0.2, 0) is 7.05 Å². The van der Waals surface area contributed by atoms with Gasteiger partial charge in [0, 0.05) is 37.6 Å². The van der Waals surface area contributed by atoms with Crippen molar-refractivity contribution in [2.24, 2.45) is 7.05 Å². The van der Waals surface area contributed by atoms with Crippen molar-refractivity contribution < 1.29 is 0 Å². The number of hydrogen-bond donors (Lipinski definition) is 0. The van der Waals surface area contributed by atoms with Gasteiger partial charge in [0.25, 0.3) is 0 Å². The second-order valence-corrected chi connectivity index (χ2v) is 4.65. The summed E-state index contributed by atoms with van der Waals surface area (Å²) in [6, 6.07) is 8.75. The number of aryl methyl sites for hydroxylation is 1. The Hall–Kier alpha value is -1.77. The van der Waals surface area contributed by atoms with Crippen LogP contribution in [0.3, 0.4) is 0 Å². The fraction of sp³-hybridized carbons (Fsp3) is 0.438. The van der Waals surface area contributed by atoms with Crippen LogP contribution in [0.25, 0.3) is 11.1 Å². The molecule has 0 bridgehead atoms. The van der Waals surface area contributed by atoms with E-state index in [1.54, 1.807) is 0 Å². The highest BCUT2D eigenvalue weighted by Crippen LogP contribution is 2.26. The zero-order valence-electron chi connectivity index (χ0n) is 12.1. The molecular weight excluding hydrogens is 234 g/mol. The Bertz CT molecular complexity index is 510. The maximum absolute atomic E-state index is 4.22. The summed E-state index contributed by atoms with van der Waals surface area (Å²) in [5.41, 5.74) is 3.78. The monoisotopic (exact) mass is 257 g/mol. The summed E-state index contributed by atoms with van der Waals surface area (Å²) in [4.78, 5) is 2.46. The number of nitrogens with zero attached hydrogens (tertiary/aromatic N) is 3. The van der Waals surface area contributed by atoms with Crippen molar-refractivity contribution in [1.82, 2.24) is 9.78 Å². The molecule has 0 spiro atoms. The molecule has 0 N–H and O–H groups in total. The molecule has 1 saturated heterocycles. The molecule has 102 valence electrons. The lowest BCUT2D eigenvalue weighted by Gasteiger charge is -2.18. The van der Waals surface area contributed by atoms with Gasteiger partial charge in [0.05, 0.1) is 6.20 Å². The van der Waals surface area contributed by atoms with E-state index in [1.165, 1.54) is 42.7 Å². The lowest BCUT2D eigenvalue weighted by molar-refractivity contribution is 0.768. The van der Waals surface area contributed by atoms with Crippen LogP contribution in [0.4, 0.5) is 5.69 Å². The summed E-state index contributed by atoms with van der Waals surface area (Å²) in [6.45, 7) is 6.38. The Balaban J connectivity index is 0.000000637. The van der Waals surface area contributed by atoms with Gasteiger partial charge in [0.2, 0.25) is 0 Å². The number of benzene rings is 1. The zero-order valence-corrected chi connectivity index (χ0v) is 12.1. The van der Waals surface area contributed by atoms with Crippen LogP contribution in [-0.4, -0.2) is 22.9 Å². The SMILES string of the molecule is CC.Cn1cc(-c2cccc(N3CCCC3)c2)cn1. The van der Waals surface area contributed by atoms with Gasteiger partial charge in [-0.05, 0) is 30.5 Å². The summed E-state index contributed by atoms with van der Waals surface area (Å²) < 4.78 is 1.85. The van der Waals surface area contributed by atoms with Crippen LogP contribution in [0, 0.1) is 0 Å². The molecule has 3 heteroatoms. The zero-order chi connectivity index (χ0) is 13.7. The van der Waals surface area contributed by atoms with E-state index < -0.39 is 0 Å². The first-order chi connectivity index (χ1) is 9.33. The van der Waals surface area contributed by atoms with E-state index in [-0.39, 0.29) is 0 Å². The summed E-state index contributed by atoms with van der Waals surface area (Å²) >= 11 is 0. The summed E-state index contributed by atoms with van der Waals surface area (Å²) in [5, 5.41) is 4.22. The minimum absolute atomic E-state index is 1.19. The van der Waals surface area contributed by atoms with Gasteiger partial charge in [-0.2, -0.15) is 5.10 Å². The maximum Gasteiger partial charge on any atom is 0.0568 e. The first-order valence-corrected chi connectivity index (χ1v) is 7.17. The maximum atomic E-state index is 4.22. The molecule has 1 aromatic carbocycles. The predicted molar refractivity (Wildman–Crippen MR) is 81.4 cm³/mol. The van der Waals surface area contributed by atoms with Gasteiger partial charge in [-0.1, -0.05) is 26.0 Å². The van der Waals surface area contributed by atoms with Crippen molar-refractivity contribution in [2.75, 3.05) is 18.0 Å². The van der Waals surface area contributed by atoms with E-state index in [0.717, 1.165) is 0 Å². The average Bonchev–Trinajstić information content (AvgIpc) is 3.12. The van der Waals surface area contributed by atoms with E-state index in [9.17, 15) is 0 Å². The number of anilines is 1. The summed E-state index contributed by atoms with van der Waals surface area (Å²) in [7, 11) is 1.95. The van der Waals surface area contributed by atoms with Crippen molar-refractivity contribution in [3.63, 3.8) is 0 Å². The van der Waals surface area contributed by atoms with E-state index >= 15 is 0 Å². The van der Waals surface area contributed by atoms with Gasteiger partial charge in [0.1, 0.15) is 0 Å². The Morgan fingerprint density at radius 3 is 2.42 bits per heavy atom. The molecule has 2 heterocycles. The lowest BCUT2D eigenvalue weighted by atomic mass is 10.1. The molecule has 0 aliphatic carbocycles. The van der Waals surface area contributed by atoms with Crippen molar-refractivity contribution >= 4 is 5.69 Å². The molecular formula is C16H23N3. The summed E-state index contributed by atoms with van der Waals surface area (Å²) in [5.74, 6) is 0. The van der Waals surface area contributed by atoms with Gasteiger partial charge in [-0.3, -0.25) is 4.68 Å². The smallest absolute Gasteiger partial charge is 0.0568 e. The Labute approximate surface area is 115 Å². The number of aromatic nitrogens is 2. The fourth-order valence-electron chi connectivity index (χ4n) is 2.43. The highest BCUT2D eigenvalue weighted by Gasteiger charge is 2.12. The summed E-state index contributed by atoms with van der Waals surface area (Å²) in [6.07, 6.45) is 6.61. The average molecular weight is 257 g/mol. The van der Waals surface area contributed by atoms with Gasteiger partial charge in [-0.25, -0.2) is 0 Å². The molecule has 3 nitrogen and oxygen atoms in total. The van der Waals surface area contributed by atoms with E-state index in [0.29, 0.717) is 0 Å². The molecule has 0 radical (unpaired) electrons. The molecule has 1 aromatic heterocycles. The van der Waals surface area contributed by atoms with Crippen molar-refractivity contribution in [3.05, 3.63) is 36.7 Å². The first kappa shape index (κ1) is 13.7. The van der Waals surface area contributed by atoms with E-state index in [2.05, 4.69) is 40.5 Å². The molecule has 0 atom stereocenters. The van der Waals surface area contributed by atoms with Crippen molar-refractivity contribution in [1.29, 1.82) is 0 Å². The predicted octanol–water partition coefficient (Wildman–Crippen LogP) is 3.71. The molecule has 3 rings (SSSR count). The third-order valence-electron chi connectivity index (χ3n) is 3.36. The van der Waals surface area contributed by atoms with Crippen LogP contribution in [0.2, 0.25) is 0 Å². The minimum atomic E-state index is 1.19. The third-order valence-corrected chi connectivity index (χ3v) is 3.36. The van der Waals surface area contributed by atoms with E-state index in [1.807, 2.05) is 31.8 Å². The number of rotatable bonds is 2. The Morgan fingerprint density at radius 1 is 1.05 bits per heavy atom. The molecule has 1 fully saturated rings. The minimum Gasteiger partial charge on any atom is -0.372 e. The van der Waals surface area contributed by atoms with E-state index in [4.69, 9.17) is 0 Å².